The minimum Gasteiger partial charge on any atom is -0.338 e. The van der Waals surface area contributed by atoms with E-state index in [0.717, 1.165) is 26.0 Å². The fourth-order valence-corrected chi connectivity index (χ4v) is 2.12. The average Bonchev–Trinajstić information content (AvgIpc) is 2.41. The van der Waals surface area contributed by atoms with Gasteiger partial charge in [0.1, 0.15) is 12.1 Å². The van der Waals surface area contributed by atoms with Gasteiger partial charge in [-0.05, 0) is 34.7 Å². The Hall–Kier alpha value is -1.76. The van der Waals surface area contributed by atoms with E-state index in [1.165, 1.54) is 6.33 Å². The second-order valence-corrected chi connectivity index (χ2v) is 4.92. The van der Waals surface area contributed by atoms with E-state index in [2.05, 4.69) is 48.9 Å². The summed E-state index contributed by atoms with van der Waals surface area (Å²) in [7, 11) is 0. The number of para-hydroxylation sites is 1. The fourth-order valence-electron chi connectivity index (χ4n) is 1.68. The lowest BCUT2D eigenvalue weighted by atomic mass is 10.2. The summed E-state index contributed by atoms with van der Waals surface area (Å²) < 4.78 is 0.975. The zero-order chi connectivity index (χ0) is 12.4. The van der Waals surface area contributed by atoms with Crippen molar-refractivity contribution in [3.8, 4) is 0 Å². The molecule has 18 heavy (non-hydrogen) atoms. The van der Waals surface area contributed by atoms with Crippen LogP contribution >= 0.6 is 22.6 Å². The van der Waals surface area contributed by atoms with Gasteiger partial charge in [-0.1, -0.05) is 18.2 Å². The lowest BCUT2D eigenvalue weighted by Crippen LogP contribution is -1.97. The molecule has 1 aromatic carbocycles. The lowest BCUT2D eigenvalue weighted by Gasteiger charge is -2.07. The van der Waals surface area contributed by atoms with Gasteiger partial charge in [0, 0.05) is 11.6 Å². The van der Waals surface area contributed by atoms with Crippen molar-refractivity contribution >= 4 is 45.0 Å². The van der Waals surface area contributed by atoms with Gasteiger partial charge in [-0.15, -0.1) is 0 Å². The van der Waals surface area contributed by atoms with E-state index < -0.39 is 0 Å². The van der Waals surface area contributed by atoms with Gasteiger partial charge in [-0.3, -0.25) is 4.98 Å². The van der Waals surface area contributed by atoms with E-state index >= 15 is 0 Å². The Balaban J connectivity index is 1.98. The highest BCUT2D eigenvalue weighted by atomic mass is 127. The summed E-state index contributed by atoms with van der Waals surface area (Å²) in [5.74, 6) is 0.794. The van der Waals surface area contributed by atoms with E-state index in [-0.39, 0.29) is 0 Å². The molecule has 0 bridgehead atoms. The zero-order valence-corrected chi connectivity index (χ0v) is 11.5. The van der Waals surface area contributed by atoms with E-state index in [9.17, 15) is 0 Å². The summed E-state index contributed by atoms with van der Waals surface area (Å²) >= 11 is 2.20. The van der Waals surface area contributed by atoms with Crippen molar-refractivity contribution in [2.75, 3.05) is 5.32 Å². The Bertz CT molecular complexity index is 699. The van der Waals surface area contributed by atoms with Crippen molar-refractivity contribution < 1.29 is 0 Å². The second kappa shape index (κ2) is 4.85. The SMILES string of the molecule is Ic1cncnc1Nc1cnc2ccccc2c1. The standard InChI is InChI=1S/C13H9IN4/c14-11-7-15-8-17-13(11)18-10-5-9-3-1-2-4-12(9)16-6-10/h1-8H,(H,15,17,18). The fraction of sp³-hybridized carbons (Fsp3) is 0. The van der Waals surface area contributed by atoms with Gasteiger partial charge in [0.25, 0.3) is 0 Å². The minimum atomic E-state index is 0.794. The molecule has 0 saturated heterocycles. The quantitative estimate of drug-likeness (QED) is 0.722. The number of halogens is 1. The van der Waals surface area contributed by atoms with Crippen molar-refractivity contribution in [2.45, 2.75) is 0 Å². The predicted molar refractivity (Wildman–Crippen MR) is 79.8 cm³/mol. The van der Waals surface area contributed by atoms with Gasteiger partial charge in [-0.25, -0.2) is 9.97 Å². The van der Waals surface area contributed by atoms with Crippen molar-refractivity contribution in [3.05, 3.63) is 52.6 Å². The second-order valence-electron chi connectivity index (χ2n) is 3.76. The molecular formula is C13H9IN4. The van der Waals surface area contributed by atoms with Crippen molar-refractivity contribution in [1.82, 2.24) is 15.0 Å². The molecule has 2 heterocycles. The van der Waals surface area contributed by atoms with E-state index in [1.807, 2.05) is 24.3 Å². The molecule has 0 aliphatic rings. The molecule has 0 aliphatic heterocycles. The molecule has 4 nitrogen and oxygen atoms in total. The maximum absolute atomic E-state index is 4.40. The van der Waals surface area contributed by atoms with Gasteiger partial charge < -0.3 is 5.32 Å². The normalized spacial score (nSPS) is 10.5. The summed E-state index contributed by atoms with van der Waals surface area (Å²) in [6, 6.07) is 10.1. The average molecular weight is 348 g/mol. The molecular weight excluding hydrogens is 339 g/mol. The summed E-state index contributed by atoms with van der Waals surface area (Å²) in [5, 5.41) is 4.35. The lowest BCUT2D eigenvalue weighted by molar-refractivity contribution is 1.15. The van der Waals surface area contributed by atoms with Crippen molar-refractivity contribution in [3.63, 3.8) is 0 Å². The van der Waals surface area contributed by atoms with Crippen LogP contribution in [0, 0.1) is 3.57 Å². The molecule has 0 radical (unpaired) electrons. The number of hydrogen-bond donors (Lipinski definition) is 1. The van der Waals surface area contributed by atoms with Crippen LogP contribution in [0.5, 0.6) is 0 Å². The Morgan fingerprint density at radius 3 is 2.83 bits per heavy atom. The largest absolute Gasteiger partial charge is 0.338 e. The summed E-state index contributed by atoms with van der Waals surface area (Å²) in [6.07, 6.45) is 5.10. The highest BCUT2D eigenvalue weighted by Gasteiger charge is 2.02. The Morgan fingerprint density at radius 2 is 1.94 bits per heavy atom. The molecule has 3 rings (SSSR count). The minimum absolute atomic E-state index is 0.794. The number of nitrogens with one attached hydrogen (secondary N) is 1. The monoisotopic (exact) mass is 348 g/mol. The zero-order valence-electron chi connectivity index (χ0n) is 9.34. The maximum Gasteiger partial charge on any atom is 0.147 e. The number of aromatic nitrogens is 3. The van der Waals surface area contributed by atoms with E-state index in [1.54, 1.807) is 12.4 Å². The molecule has 0 saturated carbocycles. The Kier molecular flexibility index (Phi) is 3.06. The first kappa shape index (κ1) is 11.3. The predicted octanol–water partition coefficient (Wildman–Crippen LogP) is 3.37. The van der Waals surface area contributed by atoms with Crippen LogP contribution in [-0.2, 0) is 0 Å². The van der Waals surface area contributed by atoms with Crippen LogP contribution in [-0.4, -0.2) is 15.0 Å². The number of rotatable bonds is 2. The number of anilines is 2. The van der Waals surface area contributed by atoms with Crippen LogP contribution in [0.4, 0.5) is 11.5 Å². The molecule has 0 spiro atoms. The highest BCUT2D eigenvalue weighted by Crippen LogP contribution is 2.21. The van der Waals surface area contributed by atoms with E-state index in [0.29, 0.717) is 0 Å². The van der Waals surface area contributed by atoms with Crippen LogP contribution in [0.15, 0.2) is 49.1 Å². The summed E-state index contributed by atoms with van der Waals surface area (Å²) in [6.45, 7) is 0. The summed E-state index contributed by atoms with van der Waals surface area (Å²) in [5.41, 5.74) is 1.91. The van der Waals surface area contributed by atoms with Crippen LogP contribution in [0.3, 0.4) is 0 Å². The van der Waals surface area contributed by atoms with Gasteiger partial charge in [-0.2, -0.15) is 0 Å². The van der Waals surface area contributed by atoms with Crippen LogP contribution in [0.25, 0.3) is 10.9 Å². The van der Waals surface area contributed by atoms with E-state index in [4.69, 9.17) is 0 Å². The molecule has 0 amide bonds. The number of nitrogens with zero attached hydrogens (tertiary/aromatic N) is 3. The van der Waals surface area contributed by atoms with Crippen LogP contribution in [0.1, 0.15) is 0 Å². The molecule has 0 atom stereocenters. The topological polar surface area (TPSA) is 50.7 Å². The van der Waals surface area contributed by atoms with Crippen LogP contribution < -0.4 is 5.32 Å². The molecule has 88 valence electrons. The number of pyridine rings is 1. The number of hydrogen-bond acceptors (Lipinski definition) is 4. The molecule has 0 fully saturated rings. The first-order valence-corrected chi connectivity index (χ1v) is 6.48. The first-order valence-electron chi connectivity index (χ1n) is 5.40. The van der Waals surface area contributed by atoms with Gasteiger partial charge in [0.15, 0.2) is 0 Å². The Labute approximate surface area is 118 Å². The maximum atomic E-state index is 4.40. The van der Waals surface area contributed by atoms with Gasteiger partial charge >= 0.3 is 0 Å². The van der Waals surface area contributed by atoms with Crippen molar-refractivity contribution in [1.29, 1.82) is 0 Å². The molecule has 0 unspecified atom stereocenters. The third kappa shape index (κ3) is 2.26. The van der Waals surface area contributed by atoms with Crippen molar-refractivity contribution in [2.24, 2.45) is 0 Å². The smallest absolute Gasteiger partial charge is 0.147 e. The number of benzene rings is 1. The molecule has 3 aromatic rings. The van der Waals surface area contributed by atoms with Gasteiger partial charge in [0.05, 0.1) is 21.0 Å². The van der Waals surface area contributed by atoms with Crippen LogP contribution in [0.2, 0.25) is 0 Å². The first-order chi connectivity index (χ1) is 8.83. The Morgan fingerprint density at radius 1 is 1.06 bits per heavy atom. The summed E-state index contributed by atoms with van der Waals surface area (Å²) in [4.78, 5) is 12.6. The van der Waals surface area contributed by atoms with Gasteiger partial charge in [0.2, 0.25) is 0 Å². The molecule has 5 heteroatoms. The molecule has 0 aliphatic carbocycles. The third-order valence-corrected chi connectivity index (χ3v) is 3.31. The molecule has 1 N–H and O–H groups in total. The number of fused-ring (bicyclic) bond motifs is 1. The highest BCUT2D eigenvalue weighted by molar-refractivity contribution is 14.1. The third-order valence-electron chi connectivity index (χ3n) is 2.52. The molecule has 2 aromatic heterocycles.